The quantitative estimate of drug-likeness (QED) is 0.914. The van der Waals surface area contributed by atoms with Gasteiger partial charge in [0.2, 0.25) is 10.0 Å². The summed E-state index contributed by atoms with van der Waals surface area (Å²) in [6.45, 7) is 4.49. The van der Waals surface area contributed by atoms with Gasteiger partial charge in [-0.2, -0.15) is 0 Å². The Hall–Kier alpha value is -2.18. The van der Waals surface area contributed by atoms with Crippen molar-refractivity contribution in [3.8, 4) is 0 Å². The number of hydrogen-bond donors (Lipinski definition) is 1. The van der Waals surface area contributed by atoms with Crippen LogP contribution in [0.2, 0.25) is 0 Å². The second-order valence-electron chi connectivity index (χ2n) is 6.17. The molecule has 2 aromatic rings. The summed E-state index contributed by atoms with van der Waals surface area (Å²) in [4.78, 5) is 15.0. The van der Waals surface area contributed by atoms with Crippen molar-refractivity contribution in [2.45, 2.75) is 31.6 Å². The third-order valence-corrected chi connectivity index (χ3v) is 5.98. The normalized spacial score (nSPS) is 14.2. The summed E-state index contributed by atoms with van der Waals surface area (Å²) in [5.74, 6) is -0.154. The summed E-state index contributed by atoms with van der Waals surface area (Å²) >= 11 is 0. The molecule has 5 nitrogen and oxygen atoms in total. The summed E-state index contributed by atoms with van der Waals surface area (Å²) in [7, 11) is -3.60. The van der Waals surface area contributed by atoms with Crippen molar-refractivity contribution in [3.05, 3.63) is 59.2 Å². The number of rotatable bonds is 4. The topological polar surface area (TPSA) is 66.5 Å². The van der Waals surface area contributed by atoms with E-state index in [-0.39, 0.29) is 10.8 Å². The van der Waals surface area contributed by atoms with Gasteiger partial charge in [-0.3, -0.25) is 4.79 Å². The van der Waals surface area contributed by atoms with Crippen molar-refractivity contribution in [3.63, 3.8) is 0 Å². The predicted molar refractivity (Wildman–Crippen MR) is 98.5 cm³/mol. The minimum Gasteiger partial charge on any atom is -0.308 e. The van der Waals surface area contributed by atoms with Gasteiger partial charge in [-0.25, -0.2) is 13.1 Å². The van der Waals surface area contributed by atoms with Crippen LogP contribution in [-0.2, 0) is 16.4 Å². The number of hydrogen-bond acceptors (Lipinski definition) is 3. The van der Waals surface area contributed by atoms with Crippen LogP contribution in [0.25, 0.3) is 0 Å². The molecule has 3 rings (SSSR count). The van der Waals surface area contributed by atoms with Crippen LogP contribution in [0.5, 0.6) is 0 Å². The summed E-state index contributed by atoms with van der Waals surface area (Å²) in [6.07, 6.45) is 1.85. The SMILES string of the molecule is CCNS(=O)(=O)c1ccc(C)c(C(=O)N2CCCc3ccccc32)c1. The molecule has 0 saturated heterocycles. The van der Waals surface area contributed by atoms with Crippen molar-refractivity contribution in [1.29, 1.82) is 0 Å². The van der Waals surface area contributed by atoms with Crippen molar-refractivity contribution >= 4 is 21.6 Å². The zero-order chi connectivity index (χ0) is 18.0. The zero-order valence-corrected chi connectivity index (χ0v) is 15.3. The lowest BCUT2D eigenvalue weighted by atomic mass is 10.00. The number of fused-ring (bicyclic) bond motifs is 1. The van der Waals surface area contributed by atoms with Crippen molar-refractivity contribution in [2.24, 2.45) is 0 Å². The van der Waals surface area contributed by atoms with Crippen LogP contribution in [0.4, 0.5) is 5.69 Å². The Morgan fingerprint density at radius 2 is 1.96 bits per heavy atom. The van der Waals surface area contributed by atoms with Crippen molar-refractivity contribution in [1.82, 2.24) is 4.72 Å². The Balaban J connectivity index is 2.01. The Labute approximate surface area is 148 Å². The first-order valence-electron chi connectivity index (χ1n) is 8.44. The fourth-order valence-electron chi connectivity index (χ4n) is 3.16. The molecule has 0 atom stereocenters. The summed E-state index contributed by atoms with van der Waals surface area (Å²) in [5.41, 5.74) is 3.26. The first-order valence-corrected chi connectivity index (χ1v) is 9.92. The van der Waals surface area contributed by atoms with Crippen LogP contribution < -0.4 is 9.62 Å². The van der Waals surface area contributed by atoms with Gasteiger partial charge in [-0.1, -0.05) is 31.2 Å². The molecule has 0 aliphatic carbocycles. The van der Waals surface area contributed by atoms with Gasteiger partial charge in [0.15, 0.2) is 0 Å². The Bertz CT molecular complexity index is 907. The van der Waals surface area contributed by atoms with E-state index in [1.165, 1.54) is 12.1 Å². The van der Waals surface area contributed by atoms with Gasteiger partial charge in [0, 0.05) is 24.3 Å². The molecule has 6 heteroatoms. The number of aryl methyl sites for hydroxylation is 2. The first-order chi connectivity index (χ1) is 11.9. The molecule has 0 fully saturated rings. The summed E-state index contributed by atoms with van der Waals surface area (Å²) in [5, 5.41) is 0. The van der Waals surface area contributed by atoms with Gasteiger partial charge in [-0.15, -0.1) is 0 Å². The number of anilines is 1. The van der Waals surface area contributed by atoms with E-state index in [1.807, 2.05) is 31.2 Å². The maximum absolute atomic E-state index is 13.1. The molecule has 25 heavy (non-hydrogen) atoms. The van der Waals surface area contributed by atoms with Gasteiger partial charge < -0.3 is 4.90 Å². The Morgan fingerprint density at radius 3 is 2.72 bits per heavy atom. The van der Waals surface area contributed by atoms with Crippen LogP contribution in [0.1, 0.15) is 34.8 Å². The summed E-state index contributed by atoms with van der Waals surface area (Å²) < 4.78 is 27.0. The molecule has 0 unspecified atom stereocenters. The predicted octanol–water partition coefficient (Wildman–Crippen LogP) is 2.89. The molecule has 2 aromatic carbocycles. The number of para-hydroxylation sites is 1. The standard InChI is InChI=1S/C19H22N2O3S/c1-3-20-25(23,24)16-11-10-14(2)17(13-16)19(22)21-12-6-8-15-7-4-5-9-18(15)21/h4-5,7,9-11,13,20H,3,6,8,12H2,1-2H3. The minimum atomic E-state index is -3.60. The highest BCUT2D eigenvalue weighted by atomic mass is 32.2. The molecule has 1 aliphatic heterocycles. The van der Waals surface area contributed by atoms with E-state index in [1.54, 1.807) is 17.9 Å². The smallest absolute Gasteiger partial charge is 0.258 e. The molecule has 132 valence electrons. The lowest BCUT2D eigenvalue weighted by Crippen LogP contribution is -2.36. The minimum absolute atomic E-state index is 0.119. The van der Waals surface area contributed by atoms with Gasteiger partial charge >= 0.3 is 0 Å². The van der Waals surface area contributed by atoms with E-state index in [9.17, 15) is 13.2 Å². The van der Waals surface area contributed by atoms with E-state index in [4.69, 9.17) is 0 Å². The highest BCUT2D eigenvalue weighted by molar-refractivity contribution is 7.89. The van der Waals surface area contributed by atoms with Gasteiger partial charge in [0.1, 0.15) is 0 Å². The largest absolute Gasteiger partial charge is 0.308 e. The highest BCUT2D eigenvalue weighted by Gasteiger charge is 2.25. The lowest BCUT2D eigenvalue weighted by Gasteiger charge is -2.30. The monoisotopic (exact) mass is 358 g/mol. The molecule has 1 heterocycles. The fraction of sp³-hybridized carbons (Fsp3) is 0.316. The molecule has 0 aromatic heterocycles. The lowest BCUT2D eigenvalue weighted by molar-refractivity contribution is 0.0984. The van der Waals surface area contributed by atoms with E-state index in [0.717, 1.165) is 29.7 Å². The van der Waals surface area contributed by atoms with Crippen LogP contribution in [-0.4, -0.2) is 27.4 Å². The molecule has 0 spiro atoms. The third kappa shape index (κ3) is 3.45. The van der Waals surface area contributed by atoms with Gasteiger partial charge in [0.05, 0.1) is 4.90 Å². The van der Waals surface area contributed by atoms with E-state index < -0.39 is 10.0 Å². The van der Waals surface area contributed by atoms with Crippen molar-refractivity contribution < 1.29 is 13.2 Å². The van der Waals surface area contributed by atoms with Crippen LogP contribution in [0.3, 0.4) is 0 Å². The number of carbonyl (C=O) groups excluding carboxylic acids is 1. The Morgan fingerprint density at radius 1 is 1.20 bits per heavy atom. The zero-order valence-electron chi connectivity index (χ0n) is 14.5. The first kappa shape index (κ1) is 17.6. The average molecular weight is 358 g/mol. The molecule has 0 radical (unpaired) electrons. The maximum Gasteiger partial charge on any atom is 0.258 e. The number of carbonyl (C=O) groups is 1. The van der Waals surface area contributed by atoms with Crippen LogP contribution in [0.15, 0.2) is 47.4 Å². The highest BCUT2D eigenvalue weighted by Crippen LogP contribution is 2.29. The number of amides is 1. The van der Waals surface area contributed by atoms with Gasteiger partial charge in [-0.05, 0) is 49.1 Å². The van der Waals surface area contributed by atoms with Crippen LogP contribution in [0, 0.1) is 6.92 Å². The number of nitrogens with one attached hydrogen (secondary N) is 1. The molecule has 0 bridgehead atoms. The fourth-order valence-corrected chi connectivity index (χ4v) is 4.23. The Kier molecular flexibility index (Phi) is 4.92. The number of nitrogens with zero attached hydrogens (tertiary/aromatic N) is 1. The molecule has 1 amide bonds. The second kappa shape index (κ2) is 6.98. The van der Waals surface area contributed by atoms with E-state index >= 15 is 0 Å². The maximum atomic E-state index is 13.1. The average Bonchev–Trinajstić information content (AvgIpc) is 2.61. The number of sulfonamides is 1. The van der Waals surface area contributed by atoms with E-state index in [0.29, 0.717) is 18.7 Å². The van der Waals surface area contributed by atoms with Gasteiger partial charge in [0.25, 0.3) is 5.91 Å². The van der Waals surface area contributed by atoms with Crippen LogP contribution >= 0.6 is 0 Å². The van der Waals surface area contributed by atoms with E-state index in [2.05, 4.69) is 4.72 Å². The summed E-state index contributed by atoms with van der Waals surface area (Å²) in [6, 6.07) is 12.6. The number of benzene rings is 2. The molecular formula is C19H22N2O3S. The molecule has 1 aliphatic rings. The molecule has 1 N–H and O–H groups in total. The molecular weight excluding hydrogens is 336 g/mol. The van der Waals surface area contributed by atoms with Crippen molar-refractivity contribution in [2.75, 3.05) is 18.0 Å². The molecule has 0 saturated carbocycles. The second-order valence-corrected chi connectivity index (χ2v) is 7.93. The third-order valence-electron chi connectivity index (χ3n) is 4.44.